The lowest BCUT2D eigenvalue weighted by molar-refractivity contribution is -0.274. The minimum Gasteiger partial charge on any atom is -0.462 e. The average Bonchev–Trinajstić information content (AvgIpc) is 2.46. The Bertz CT molecular complexity index is 688. The summed E-state index contributed by atoms with van der Waals surface area (Å²) in [4.78, 5) is 15.7. The Hall–Kier alpha value is -2.77. The van der Waals surface area contributed by atoms with E-state index in [9.17, 15) is 18.0 Å². The summed E-state index contributed by atoms with van der Waals surface area (Å²) < 4.78 is 50.7. The lowest BCUT2D eigenvalue weighted by Gasteiger charge is -2.11. The van der Waals surface area contributed by atoms with Crippen molar-refractivity contribution in [3.8, 4) is 17.4 Å². The molecule has 0 N–H and O–H groups in total. The summed E-state index contributed by atoms with van der Waals surface area (Å²) in [6.45, 7) is 1.81. The second-order valence-corrected chi connectivity index (χ2v) is 4.20. The first kappa shape index (κ1) is 16.6. The van der Waals surface area contributed by atoms with Gasteiger partial charge >= 0.3 is 12.3 Å². The number of halogens is 3. The Labute approximate surface area is 129 Å². The predicted molar refractivity (Wildman–Crippen MR) is 73.4 cm³/mol. The zero-order chi connectivity index (χ0) is 16.9. The van der Waals surface area contributed by atoms with E-state index in [0.717, 1.165) is 12.1 Å². The third kappa shape index (κ3) is 4.87. The maximum absolute atomic E-state index is 12.2. The number of aromatic nitrogens is 1. The predicted octanol–water partition coefficient (Wildman–Crippen LogP) is 3.95. The van der Waals surface area contributed by atoms with Gasteiger partial charge in [-0.2, -0.15) is 0 Å². The van der Waals surface area contributed by atoms with Gasteiger partial charge in [-0.05, 0) is 31.2 Å². The summed E-state index contributed by atoms with van der Waals surface area (Å²) in [6, 6.07) is 7.86. The van der Waals surface area contributed by atoms with Crippen LogP contribution in [0.3, 0.4) is 0 Å². The SMILES string of the molecule is CCOC(=O)c1cccnc1Oc1cccc(OC(F)(F)F)c1. The highest BCUT2D eigenvalue weighted by Gasteiger charge is 2.31. The maximum atomic E-state index is 12.2. The number of benzene rings is 1. The van der Waals surface area contributed by atoms with Crippen LogP contribution in [0.4, 0.5) is 13.2 Å². The molecule has 5 nitrogen and oxygen atoms in total. The van der Waals surface area contributed by atoms with E-state index in [2.05, 4.69) is 9.72 Å². The Morgan fingerprint density at radius 3 is 2.61 bits per heavy atom. The van der Waals surface area contributed by atoms with Crippen LogP contribution in [-0.2, 0) is 4.74 Å². The van der Waals surface area contributed by atoms with Gasteiger partial charge in [-0.1, -0.05) is 6.07 Å². The molecule has 0 spiro atoms. The smallest absolute Gasteiger partial charge is 0.462 e. The number of hydrogen-bond donors (Lipinski definition) is 0. The molecular weight excluding hydrogens is 315 g/mol. The van der Waals surface area contributed by atoms with Crippen LogP contribution >= 0.6 is 0 Å². The van der Waals surface area contributed by atoms with E-state index in [1.165, 1.54) is 30.5 Å². The number of rotatable bonds is 5. The Morgan fingerprint density at radius 1 is 1.17 bits per heavy atom. The Kier molecular flexibility index (Phi) is 5.05. The van der Waals surface area contributed by atoms with Gasteiger partial charge in [0.15, 0.2) is 0 Å². The van der Waals surface area contributed by atoms with Gasteiger partial charge in [-0.25, -0.2) is 9.78 Å². The van der Waals surface area contributed by atoms with E-state index in [0.29, 0.717) is 0 Å². The molecule has 0 aliphatic carbocycles. The fraction of sp³-hybridized carbons (Fsp3) is 0.200. The van der Waals surface area contributed by atoms with E-state index >= 15 is 0 Å². The molecule has 23 heavy (non-hydrogen) atoms. The normalized spacial score (nSPS) is 11.0. The summed E-state index contributed by atoms with van der Waals surface area (Å²) in [5.74, 6) is -1.12. The van der Waals surface area contributed by atoms with Crippen LogP contribution in [-0.4, -0.2) is 23.9 Å². The second-order valence-electron chi connectivity index (χ2n) is 4.20. The molecule has 1 heterocycles. The van der Waals surface area contributed by atoms with Crippen LogP contribution < -0.4 is 9.47 Å². The van der Waals surface area contributed by atoms with Crippen molar-refractivity contribution >= 4 is 5.97 Å². The molecule has 0 aliphatic heterocycles. The fourth-order valence-corrected chi connectivity index (χ4v) is 1.68. The number of hydrogen-bond acceptors (Lipinski definition) is 5. The van der Waals surface area contributed by atoms with Crippen molar-refractivity contribution in [3.63, 3.8) is 0 Å². The minimum atomic E-state index is -4.81. The van der Waals surface area contributed by atoms with E-state index in [1.54, 1.807) is 6.92 Å². The highest BCUT2D eigenvalue weighted by atomic mass is 19.4. The third-order valence-electron chi connectivity index (χ3n) is 2.52. The van der Waals surface area contributed by atoms with Crippen LogP contribution in [0, 0.1) is 0 Å². The number of carbonyl (C=O) groups excluding carboxylic acids is 1. The van der Waals surface area contributed by atoms with Crippen molar-refractivity contribution in [2.75, 3.05) is 6.61 Å². The molecule has 0 radical (unpaired) electrons. The van der Waals surface area contributed by atoms with Gasteiger partial charge in [-0.3, -0.25) is 0 Å². The lowest BCUT2D eigenvalue weighted by atomic mass is 10.2. The molecule has 0 atom stereocenters. The summed E-state index contributed by atoms with van der Waals surface area (Å²) in [6.07, 6.45) is -3.42. The van der Waals surface area contributed by atoms with Crippen molar-refractivity contribution in [2.45, 2.75) is 13.3 Å². The van der Waals surface area contributed by atoms with Gasteiger partial charge in [0, 0.05) is 12.3 Å². The summed E-state index contributed by atoms with van der Waals surface area (Å²) >= 11 is 0. The van der Waals surface area contributed by atoms with Crippen molar-refractivity contribution in [2.24, 2.45) is 0 Å². The number of nitrogens with zero attached hydrogens (tertiary/aromatic N) is 1. The van der Waals surface area contributed by atoms with E-state index < -0.39 is 18.1 Å². The van der Waals surface area contributed by atoms with Crippen LogP contribution in [0.2, 0.25) is 0 Å². The van der Waals surface area contributed by atoms with E-state index in [-0.39, 0.29) is 23.8 Å². The van der Waals surface area contributed by atoms with Crippen molar-refractivity contribution < 1.29 is 32.2 Å². The molecule has 0 bridgehead atoms. The largest absolute Gasteiger partial charge is 0.573 e. The van der Waals surface area contributed by atoms with Crippen LogP contribution in [0.25, 0.3) is 0 Å². The van der Waals surface area contributed by atoms with E-state index in [4.69, 9.17) is 9.47 Å². The molecule has 8 heteroatoms. The number of esters is 1. The zero-order valence-corrected chi connectivity index (χ0v) is 12.0. The minimum absolute atomic E-state index is 0.0380. The zero-order valence-electron chi connectivity index (χ0n) is 12.0. The number of ether oxygens (including phenoxy) is 3. The van der Waals surface area contributed by atoms with Gasteiger partial charge in [0.25, 0.3) is 0 Å². The first-order valence-corrected chi connectivity index (χ1v) is 6.55. The highest BCUT2D eigenvalue weighted by Crippen LogP contribution is 2.29. The first-order valence-electron chi connectivity index (χ1n) is 6.55. The Balaban J connectivity index is 2.23. The van der Waals surface area contributed by atoms with Gasteiger partial charge in [0.05, 0.1) is 6.61 Å². The molecule has 2 aromatic rings. The highest BCUT2D eigenvalue weighted by molar-refractivity contribution is 5.91. The lowest BCUT2D eigenvalue weighted by Crippen LogP contribution is -2.17. The molecule has 0 fully saturated rings. The molecule has 0 unspecified atom stereocenters. The van der Waals surface area contributed by atoms with Crippen LogP contribution in [0.15, 0.2) is 42.6 Å². The molecule has 0 saturated carbocycles. The van der Waals surface area contributed by atoms with Crippen molar-refractivity contribution in [1.82, 2.24) is 4.98 Å². The van der Waals surface area contributed by atoms with Crippen LogP contribution in [0.5, 0.6) is 17.4 Å². The van der Waals surface area contributed by atoms with Gasteiger partial charge in [0.2, 0.25) is 5.88 Å². The second kappa shape index (κ2) is 6.99. The first-order chi connectivity index (χ1) is 10.9. The number of carbonyl (C=O) groups is 1. The molecule has 122 valence electrons. The fourth-order valence-electron chi connectivity index (χ4n) is 1.68. The summed E-state index contributed by atoms with van der Waals surface area (Å²) in [5, 5.41) is 0. The quantitative estimate of drug-likeness (QED) is 0.778. The summed E-state index contributed by atoms with van der Waals surface area (Å²) in [7, 11) is 0. The number of alkyl halides is 3. The van der Waals surface area contributed by atoms with Gasteiger partial charge in [-0.15, -0.1) is 13.2 Å². The summed E-state index contributed by atoms with van der Waals surface area (Å²) in [5.41, 5.74) is 0.0662. The molecule has 0 amide bonds. The van der Waals surface area contributed by atoms with Crippen molar-refractivity contribution in [1.29, 1.82) is 0 Å². The molecule has 1 aromatic carbocycles. The van der Waals surface area contributed by atoms with Crippen LogP contribution in [0.1, 0.15) is 17.3 Å². The molecule has 2 rings (SSSR count). The monoisotopic (exact) mass is 327 g/mol. The number of pyridine rings is 1. The van der Waals surface area contributed by atoms with Gasteiger partial charge < -0.3 is 14.2 Å². The molecule has 0 saturated heterocycles. The molecule has 0 aliphatic rings. The molecule has 1 aromatic heterocycles. The standard InChI is InChI=1S/C15H12F3NO4/c1-2-21-14(20)12-7-4-8-19-13(12)22-10-5-3-6-11(9-10)23-15(16,17)18/h3-9H,2H2,1H3. The topological polar surface area (TPSA) is 57.7 Å². The van der Waals surface area contributed by atoms with E-state index in [1.807, 2.05) is 0 Å². The average molecular weight is 327 g/mol. The molecular formula is C15H12F3NO4. The third-order valence-corrected chi connectivity index (χ3v) is 2.52. The van der Waals surface area contributed by atoms with Gasteiger partial charge in [0.1, 0.15) is 17.1 Å². The Morgan fingerprint density at radius 2 is 1.91 bits per heavy atom. The van der Waals surface area contributed by atoms with Crippen molar-refractivity contribution in [3.05, 3.63) is 48.2 Å². The maximum Gasteiger partial charge on any atom is 0.573 e.